The van der Waals surface area contributed by atoms with Gasteiger partial charge in [0, 0.05) is 26.2 Å². The number of aromatic amines is 1. The van der Waals surface area contributed by atoms with Crippen molar-refractivity contribution >= 4 is 16.9 Å². The minimum Gasteiger partial charge on any atom is -0.336 e. The van der Waals surface area contributed by atoms with Gasteiger partial charge < -0.3 is 9.88 Å². The highest BCUT2D eigenvalue weighted by molar-refractivity contribution is 5.94. The van der Waals surface area contributed by atoms with Gasteiger partial charge >= 0.3 is 0 Å². The van der Waals surface area contributed by atoms with Crippen LogP contribution < -0.4 is 5.56 Å². The van der Waals surface area contributed by atoms with E-state index in [1.165, 1.54) is 18.3 Å². The van der Waals surface area contributed by atoms with E-state index in [0.717, 1.165) is 5.69 Å². The first-order chi connectivity index (χ1) is 15.6. The topological polar surface area (TPSA) is 87.1 Å². The number of nitrogens with one attached hydrogen (secondary N) is 1. The van der Waals surface area contributed by atoms with E-state index in [0.29, 0.717) is 49.6 Å². The van der Waals surface area contributed by atoms with Crippen LogP contribution in [0.15, 0.2) is 65.6 Å². The zero-order valence-electron chi connectivity index (χ0n) is 17.2. The fourth-order valence-corrected chi connectivity index (χ4v) is 3.92. The monoisotopic (exact) mass is 432 g/mol. The molecule has 0 spiro atoms. The van der Waals surface area contributed by atoms with Gasteiger partial charge in [-0.15, -0.1) is 0 Å². The first kappa shape index (κ1) is 20.1. The average Bonchev–Trinajstić information content (AvgIpc) is 3.25. The Morgan fingerprint density at radius 2 is 1.72 bits per heavy atom. The summed E-state index contributed by atoms with van der Waals surface area (Å²) in [6.07, 6.45) is 1.52. The second kappa shape index (κ2) is 8.35. The second-order valence-electron chi connectivity index (χ2n) is 7.69. The molecule has 2 aromatic carbocycles. The number of aromatic nitrogens is 4. The van der Waals surface area contributed by atoms with Crippen LogP contribution >= 0.6 is 0 Å². The molecule has 162 valence electrons. The molecule has 32 heavy (non-hydrogen) atoms. The van der Waals surface area contributed by atoms with Crippen molar-refractivity contribution in [2.75, 3.05) is 26.2 Å². The van der Waals surface area contributed by atoms with E-state index in [1.807, 2.05) is 30.3 Å². The largest absolute Gasteiger partial charge is 0.336 e. The number of halogens is 1. The zero-order chi connectivity index (χ0) is 22.1. The Kier molecular flexibility index (Phi) is 5.24. The maximum atomic E-state index is 13.9. The number of amides is 1. The summed E-state index contributed by atoms with van der Waals surface area (Å²) in [5, 5.41) is 4.75. The molecule has 1 aliphatic heterocycles. The maximum Gasteiger partial charge on any atom is 0.262 e. The van der Waals surface area contributed by atoms with E-state index in [1.54, 1.807) is 21.7 Å². The van der Waals surface area contributed by atoms with E-state index < -0.39 is 5.82 Å². The number of carbonyl (C=O) groups is 1. The van der Waals surface area contributed by atoms with Crippen LogP contribution in [0.1, 0.15) is 16.2 Å². The van der Waals surface area contributed by atoms with Crippen LogP contribution in [0.4, 0.5) is 4.39 Å². The third kappa shape index (κ3) is 3.78. The summed E-state index contributed by atoms with van der Waals surface area (Å²) in [5.74, 6) is -0.276. The molecule has 1 fully saturated rings. The molecule has 5 rings (SSSR count). The van der Waals surface area contributed by atoms with Crippen molar-refractivity contribution in [2.45, 2.75) is 6.54 Å². The molecule has 2 aromatic heterocycles. The van der Waals surface area contributed by atoms with E-state index >= 15 is 0 Å². The van der Waals surface area contributed by atoms with Crippen molar-refractivity contribution in [1.29, 1.82) is 0 Å². The second-order valence-corrected chi connectivity index (χ2v) is 7.69. The number of H-pyrrole nitrogens is 1. The van der Waals surface area contributed by atoms with Crippen molar-refractivity contribution < 1.29 is 9.18 Å². The molecule has 9 heteroatoms. The summed E-state index contributed by atoms with van der Waals surface area (Å²) < 4.78 is 15.6. The first-order valence-electron chi connectivity index (χ1n) is 10.4. The number of fused-ring (bicyclic) bond motifs is 1. The predicted octanol–water partition coefficient (Wildman–Crippen LogP) is 2.21. The first-order valence-corrected chi connectivity index (χ1v) is 10.4. The van der Waals surface area contributed by atoms with Crippen LogP contribution in [0.25, 0.3) is 16.7 Å². The molecule has 4 aromatic rings. The molecular formula is C23H21FN6O2. The molecule has 8 nitrogen and oxygen atoms in total. The molecule has 0 unspecified atom stereocenters. The summed E-state index contributed by atoms with van der Waals surface area (Å²) in [4.78, 5) is 36.4. The van der Waals surface area contributed by atoms with Gasteiger partial charge in [-0.3, -0.25) is 14.5 Å². The number of nitrogens with zero attached hydrogens (tertiary/aromatic N) is 5. The quantitative estimate of drug-likeness (QED) is 0.534. The lowest BCUT2D eigenvalue weighted by Gasteiger charge is -2.34. The van der Waals surface area contributed by atoms with Gasteiger partial charge in [0.25, 0.3) is 11.5 Å². The van der Waals surface area contributed by atoms with Crippen LogP contribution in [0.3, 0.4) is 0 Å². The molecule has 0 saturated carbocycles. The Morgan fingerprint density at radius 1 is 1.00 bits per heavy atom. The van der Waals surface area contributed by atoms with Crippen LogP contribution in [0.2, 0.25) is 0 Å². The highest BCUT2D eigenvalue weighted by Gasteiger charge is 2.24. The highest BCUT2D eigenvalue weighted by Crippen LogP contribution is 2.16. The molecule has 0 atom stereocenters. The fourth-order valence-electron chi connectivity index (χ4n) is 3.92. The number of carbonyl (C=O) groups excluding carboxylic acids is 1. The number of para-hydroxylation sites is 1. The molecular weight excluding hydrogens is 411 g/mol. The minimum atomic E-state index is -0.509. The van der Waals surface area contributed by atoms with Gasteiger partial charge in [0.15, 0.2) is 5.65 Å². The van der Waals surface area contributed by atoms with Gasteiger partial charge in [-0.25, -0.2) is 14.1 Å². The van der Waals surface area contributed by atoms with E-state index in [2.05, 4.69) is 20.0 Å². The van der Waals surface area contributed by atoms with Crippen molar-refractivity contribution in [1.82, 2.24) is 29.5 Å². The Labute approximate surface area is 182 Å². The Hall–Kier alpha value is -3.85. The molecule has 1 amide bonds. The summed E-state index contributed by atoms with van der Waals surface area (Å²) in [6, 6.07) is 15.5. The predicted molar refractivity (Wildman–Crippen MR) is 117 cm³/mol. The van der Waals surface area contributed by atoms with E-state index in [-0.39, 0.29) is 17.0 Å². The van der Waals surface area contributed by atoms with E-state index in [9.17, 15) is 14.0 Å². The van der Waals surface area contributed by atoms with Crippen LogP contribution in [-0.2, 0) is 6.54 Å². The summed E-state index contributed by atoms with van der Waals surface area (Å²) in [5.41, 5.74) is 1.18. The normalized spacial score (nSPS) is 14.7. The van der Waals surface area contributed by atoms with E-state index in [4.69, 9.17) is 0 Å². The molecule has 1 saturated heterocycles. The Balaban J connectivity index is 1.31. The standard InChI is InChI=1S/C23H21FN6O2/c24-19-9-5-4-8-17(19)23(32)29-12-10-28(11-13-29)15-20-26-21-18(22(31)27-20)14-25-30(21)16-6-2-1-3-7-16/h1-9,14H,10-13,15H2,(H,26,27,31). The smallest absolute Gasteiger partial charge is 0.262 e. The Bertz CT molecular complexity index is 1330. The molecule has 0 bridgehead atoms. The third-order valence-corrected chi connectivity index (χ3v) is 5.63. The number of benzene rings is 2. The average molecular weight is 432 g/mol. The SMILES string of the molecule is O=C(c1ccccc1F)N1CCN(Cc2nc3c(cnn3-c3ccccc3)c(=O)[nH]2)CC1. The lowest BCUT2D eigenvalue weighted by atomic mass is 10.1. The number of hydrogen-bond acceptors (Lipinski definition) is 5. The number of piperazine rings is 1. The summed E-state index contributed by atoms with van der Waals surface area (Å²) in [7, 11) is 0. The molecule has 1 N–H and O–H groups in total. The highest BCUT2D eigenvalue weighted by atomic mass is 19.1. The number of hydrogen-bond donors (Lipinski definition) is 1. The van der Waals surface area contributed by atoms with Gasteiger partial charge in [-0.1, -0.05) is 30.3 Å². The van der Waals surface area contributed by atoms with Crippen molar-refractivity contribution in [3.05, 3.63) is 88.4 Å². The lowest BCUT2D eigenvalue weighted by molar-refractivity contribution is 0.0621. The van der Waals surface area contributed by atoms with Crippen molar-refractivity contribution in [2.24, 2.45) is 0 Å². The maximum absolute atomic E-state index is 13.9. The third-order valence-electron chi connectivity index (χ3n) is 5.63. The zero-order valence-corrected chi connectivity index (χ0v) is 17.2. The van der Waals surface area contributed by atoms with Gasteiger partial charge in [0.05, 0.1) is 24.0 Å². The van der Waals surface area contributed by atoms with Crippen molar-refractivity contribution in [3.8, 4) is 5.69 Å². The Morgan fingerprint density at radius 3 is 2.47 bits per heavy atom. The van der Waals surface area contributed by atoms with Gasteiger partial charge in [0.2, 0.25) is 0 Å². The van der Waals surface area contributed by atoms with Crippen LogP contribution in [0.5, 0.6) is 0 Å². The fraction of sp³-hybridized carbons (Fsp3) is 0.217. The molecule has 0 radical (unpaired) electrons. The molecule has 1 aliphatic rings. The lowest BCUT2D eigenvalue weighted by Crippen LogP contribution is -2.48. The van der Waals surface area contributed by atoms with Crippen LogP contribution in [0, 0.1) is 5.82 Å². The van der Waals surface area contributed by atoms with Gasteiger partial charge in [-0.05, 0) is 24.3 Å². The van der Waals surface area contributed by atoms with Gasteiger partial charge in [-0.2, -0.15) is 5.10 Å². The van der Waals surface area contributed by atoms with Crippen molar-refractivity contribution in [3.63, 3.8) is 0 Å². The summed E-state index contributed by atoms with van der Waals surface area (Å²) in [6.45, 7) is 2.58. The minimum absolute atomic E-state index is 0.0894. The number of rotatable bonds is 4. The molecule has 0 aliphatic carbocycles. The van der Waals surface area contributed by atoms with Gasteiger partial charge in [0.1, 0.15) is 17.0 Å². The molecule has 3 heterocycles. The summed E-state index contributed by atoms with van der Waals surface area (Å²) >= 11 is 0. The van der Waals surface area contributed by atoms with Crippen LogP contribution in [-0.4, -0.2) is 61.6 Å².